The minimum absolute atomic E-state index is 0.285. The quantitative estimate of drug-likeness (QED) is 0.745. The van der Waals surface area contributed by atoms with Gasteiger partial charge in [0.15, 0.2) is 0 Å². The van der Waals surface area contributed by atoms with E-state index in [1.54, 1.807) is 24.3 Å². The third kappa shape index (κ3) is 3.11. The van der Waals surface area contributed by atoms with Gasteiger partial charge >= 0.3 is 0 Å². The fourth-order valence-corrected chi connectivity index (χ4v) is 1.27. The maximum Gasteiger partial charge on any atom is 0.137 e. The molecule has 0 atom stereocenters. The summed E-state index contributed by atoms with van der Waals surface area (Å²) < 4.78 is 13.2. The van der Waals surface area contributed by atoms with E-state index < -0.39 is 0 Å². The van der Waals surface area contributed by atoms with E-state index in [9.17, 15) is 9.18 Å². The van der Waals surface area contributed by atoms with Gasteiger partial charge in [-0.3, -0.25) is 0 Å². The average molecular weight is 243 g/mol. The van der Waals surface area contributed by atoms with Crippen LogP contribution in [-0.4, -0.2) is 6.29 Å². The number of carbonyl (C=O) groups is 1. The second-order valence-electron chi connectivity index (χ2n) is 2.48. The standard InChI is InChI=1S/C10H8BrFO/c11-9-7-8(3-1-2-6-13)4-5-10(9)12/h1,3-7H,2H2. The highest BCUT2D eigenvalue weighted by Gasteiger charge is 1.96. The molecule has 1 aromatic rings. The topological polar surface area (TPSA) is 17.1 Å². The second kappa shape index (κ2) is 4.92. The summed E-state index contributed by atoms with van der Waals surface area (Å²) in [6, 6.07) is 4.70. The smallest absolute Gasteiger partial charge is 0.137 e. The highest BCUT2D eigenvalue weighted by molar-refractivity contribution is 9.10. The molecular formula is C10H8BrFO. The largest absolute Gasteiger partial charge is 0.303 e. The molecule has 0 aromatic heterocycles. The molecule has 0 fully saturated rings. The first-order valence-electron chi connectivity index (χ1n) is 3.79. The Balaban J connectivity index is 2.79. The predicted molar refractivity (Wildman–Crippen MR) is 53.8 cm³/mol. The first kappa shape index (κ1) is 10.1. The molecule has 68 valence electrons. The van der Waals surface area contributed by atoms with Crippen molar-refractivity contribution in [2.45, 2.75) is 6.42 Å². The Labute approximate surface area is 84.4 Å². The van der Waals surface area contributed by atoms with Gasteiger partial charge in [-0.1, -0.05) is 18.2 Å². The number of allylic oxidation sites excluding steroid dienone is 1. The van der Waals surface area contributed by atoms with Gasteiger partial charge in [-0.15, -0.1) is 0 Å². The van der Waals surface area contributed by atoms with Crippen molar-refractivity contribution in [3.8, 4) is 0 Å². The second-order valence-corrected chi connectivity index (χ2v) is 3.33. The highest BCUT2D eigenvalue weighted by atomic mass is 79.9. The summed E-state index contributed by atoms with van der Waals surface area (Å²) in [6.07, 6.45) is 4.70. The predicted octanol–water partition coefficient (Wildman–Crippen LogP) is 3.19. The Morgan fingerprint density at radius 2 is 2.23 bits per heavy atom. The minimum atomic E-state index is -0.285. The molecule has 3 heteroatoms. The van der Waals surface area contributed by atoms with E-state index in [1.165, 1.54) is 6.07 Å². The minimum Gasteiger partial charge on any atom is -0.303 e. The van der Waals surface area contributed by atoms with Gasteiger partial charge in [-0.25, -0.2) is 4.39 Å². The van der Waals surface area contributed by atoms with Crippen LogP contribution in [-0.2, 0) is 4.79 Å². The van der Waals surface area contributed by atoms with Crippen LogP contribution >= 0.6 is 15.9 Å². The monoisotopic (exact) mass is 242 g/mol. The van der Waals surface area contributed by atoms with Crippen molar-refractivity contribution in [2.24, 2.45) is 0 Å². The van der Waals surface area contributed by atoms with Gasteiger partial charge in [0.05, 0.1) is 4.47 Å². The normalized spacial score (nSPS) is 10.6. The van der Waals surface area contributed by atoms with Crippen LogP contribution in [0.1, 0.15) is 12.0 Å². The number of aldehydes is 1. The average Bonchev–Trinajstić information content (AvgIpc) is 2.12. The Kier molecular flexibility index (Phi) is 3.83. The molecule has 0 saturated carbocycles. The summed E-state index contributed by atoms with van der Waals surface area (Å²) in [6.45, 7) is 0. The van der Waals surface area contributed by atoms with E-state index in [2.05, 4.69) is 15.9 Å². The lowest BCUT2D eigenvalue weighted by atomic mass is 10.2. The van der Waals surface area contributed by atoms with Gasteiger partial charge in [0.25, 0.3) is 0 Å². The molecule has 0 N–H and O–H groups in total. The van der Waals surface area contributed by atoms with E-state index >= 15 is 0 Å². The number of carbonyl (C=O) groups excluding carboxylic acids is 1. The summed E-state index contributed by atoms with van der Waals surface area (Å²) in [4.78, 5) is 10.00. The van der Waals surface area contributed by atoms with Crippen molar-refractivity contribution < 1.29 is 9.18 Å². The zero-order valence-corrected chi connectivity index (χ0v) is 8.42. The molecule has 0 heterocycles. The lowest BCUT2D eigenvalue weighted by Crippen LogP contribution is -1.78. The van der Waals surface area contributed by atoms with Crippen molar-refractivity contribution in [1.82, 2.24) is 0 Å². The molecule has 0 aliphatic heterocycles. The van der Waals surface area contributed by atoms with Crippen LogP contribution in [0.4, 0.5) is 4.39 Å². The Morgan fingerprint density at radius 3 is 2.85 bits per heavy atom. The van der Waals surface area contributed by atoms with Gasteiger partial charge in [-0.05, 0) is 33.6 Å². The maximum atomic E-state index is 12.8. The van der Waals surface area contributed by atoms with Crippen LogP contribution < -0.4 is 0 Å². The Hall–Kier alpha value is -0.960. The van der Waals surface area contributed by atoms with Gasteiger partial charge in [0.1, 0.15) is 12.1 Å². The van der Waals surface area contributed by atoms with Crippen LogP contribution in [0.3, 0.4) is 0 Å². The van der Waals surface area contributed by atoms with Crippen LogP contribution in [0.15, 0.2) is 28.7 Å². The van der Waals surface area contributed by atoms with Gasteiger partial charge in [0, 0.05) is 6.42 Å². The Morgan fingerprint density at radius 1 is 1.46 bits per heavy atom. The van der Waals surface area contributed by atoms with Crippen molar-refractivity contribution in [2.75, 3.05) is 0 Å². The van der Waals surface area contributed by atoms with Gasteiger partial charge in [0.2, 0.25) is 0 Å². The number of benzene rings is 1. The molecule has 0 aliphatic carbocycles. The lowest BCUT2D eigenvalue weighted by molar-refractivity contribution is -0.107. The van der Waals surface area contributed by atoms with Crippen LogP contribution in [0, 0.1) is 5.82 Å². The fourth-order valence-electron chi connectivity index (χ4n) is 0.876. The van der Waals surface area contributed by atoms with Crippen molar-refractivity contribution in [3.05, 3.63) is 40.1 Å². The molecule has 0 unspecified atom stereocenters. The molecule has 0 aliphatic rings. The molecule has 13 heavy (non-hydrogen) atoms. The van der Waals surface area contributed by atoms with E-state index in [0.717, 1.165) is 11.8 Å². The summed E-state index contributed by atoms with van der Waals surface area (Å²) in [5, 5.41) is 0. The van der Waals surface area contributed by atoms with Gasteiger partial charge in [-0.2, -0.15) is 0 Å². The lowest BCUT2D eigenvalue weighted by Gasteiger charge is -1.95. The molecule has 0 spiro atoms. The van der Waals surface area contributed by atoms with E-state index in [1.807, 2.05) is 0 Å². The first-order chi connectivity index (χ1) is 6.24. The van der Waals surface area contributed by atoms with Crippen molar-refractivity contribution in [3.63, 3.8) is 0 Å². The van der Waals surface area contributed by atoms with Crippen molar-refractivity contribution in [1.29, 1.82) is 0 Å². The molecule has 1 rings (SSSR count). The third-order valence-electron chi connectivity index (χ3n) is 1.49. The van der Waals surface area contributed by atoms with Crippen LogP contribution in [0.2, 0.25) is 0 Å². The molecule has 0 bridgehead atoms. The third-order valence-corrected chi connectivity index (χ3v) is 2.09. The molecule has 0 radical (unpaired) electrons. The Bertz CT molecular complexity index is 334. The zero-order chi connectivity index (χ0) is 9.68. The molecule has 0 amide bonds. The van der Waals surface area contributed by atoms with E-state index in [-0.39, 0.29) is 5.82 Å². The van der Waals surface area contributed by atoms with Crippen LogP contribution in [0.5, 0.6) is 0 Å². The zero-order valence-electron chi connectivity index (χ0n) is 6.84. The number of hydrogen-bond acceptors (Lipinski definition) is 1. The molecular weight excluding hydrogens is 235 g/mol. The number of hydrogen-bond donors (Lipinski definition) is 0. The SMILES string of the molecule is O=CCC=Cc1ccc(F)c(Br)c1. The fraction of sp³-hybridized carbons (Fsp3) is 0.100. The van der Waals surface area contributed by atoms with Crippen molar-refractivity contribution >= 4 is 28.3 Å². The number of halogens is 2. The molecule has 1 aromatic carbocycles. The molecule has 1 nitrogen and oxygen atoms in total. The molecule has 0 saturated heterocycles. The summed E-state index contributed by atoms with van der Waals surface area (Å²) in [5.41, 5.74) is 0.870. The number of rotatable bonds is 3. The first-order valence-corrected chi connectivity index (χ1v) is 4.58. The van der Waals surface area contributed by atoms with Crippen LogP contribution in [0.25, 0.3) is 6.08 Å². The summed E-state index contributed by atoms with van der Waals surface area (Å²) >= 11 is 3.08. The highest BCUT2D eigenvalue weighted by Crippen LogP contribution is 2.17. The van der Waals surface area contributed by atoms with E-state index in [0.29, 0.717) is 10.9 Å². The maximum absolute atomic E-state index is 12.8. The van der Waals surface area contributed by atoms with Gasteiger partial charge < -0.3 is 4.79 Å². The van der Waals surface area contributed by atoms with E-state index in [4.69, 9.17) is 0 Å². The summed E-state index contributed by atoms with van der Waals surface area (Å²) in [5.74, 6) is -0.285. The summed E-state index contributed by atoms with van der Waals surface area (Å²) in [7, 11) is 0.